The minimum atomic E-state index is -1.07. The summed E-state index contributed by atoms with van der Waals surface area (Å²) in [6, 6.07) is 10.1. The van der Waals surface area contributed by atoms with Crippen LogP contribution in [0.3, 0.4) is 0 Å². The van der Waals surface area contributed by atoms with Crippen molar-refractivity contribution in [3.63, 3.8) is 0 Å². The van der Waals surface area contributed by atoms with Gasteiger partial charge in [-0.25, -0.2) is 4.39 Å². The van der Waals surface area contributed by atoms with Crippen molar-refractivity contribution < 1.29 is 28.6 Å². The van der Waals surface area contributed by atoms with E-state index in [1.165, 1.54) is 48.5 Å². The minimum Gasteiger partial charge on any atom is -0.507 e. The standard InChI is InChI=1S/C21H17ClFNO5/c1-2-29-16(25)11-24-18(12-5-9-15(23)10-6-12)17(20(27)21(24)28)19(26)13-3-7-14(22)8-4-13/h3-10,18,26H,2,11H2,1H3/b19-17+. The van der Waals surface area contributed by atoms with Gasteiger partial charge in [-0.2, -0.15) is 0 Å². The van der Waals surface area contributed by atoms with E-state index >= 15 is 0 Å². The first-order valence-electron chi connectivity index (χ1n) is 8.79. The molecule has 1 atom stereocenters. The van der Waals surface area contributed by atoms with Gasteiger partial charge in [0, 0.05) is 10.6 Å². The quantitative estimate of drug-likeness (QED) is 0.348. The van der Waals surface area contributed by atoms with Gasteiger partial charge in [0.25, 0.3) is 11.7 Å². The predicted octanol–water partition coefficient (Wildman–Crippen LogP) is 3.46. The molecule has 1 aliphatic rings. The van der Waals surface area contributed by atoms with E-state index in [4.69, 9.17) is 16.3 Å². The second-order valence-electron chi connectivity index (χ2n) is 6.29. The number of Topliss-reactive ketones (excluding diaryl/α,β-unsaturated/α-hetero) is 1. The number of rotatable bonds is 5. The molecule has 3 rings (SSSR count). The lowest BCUT2D eigenvalue weighted by atomic mass is 9.95. The van der Waals surface area contributed by atoms with Crippen molar-refractivity contribution in [2.24, 2.45) is 0 Å². The first-order valence-corrected chi connectivity index (χ1v) is 9.16. The molecule has 0 saturated carbocycles. The summed E-state index contributed by atoms with van der Waals surface area (Å²) in [6.07, 6.45) is 0. The Bertz CT molecular complexity index is 985. The number of likely N-dealkylation sites (tertiary alicyclic amines) is 1. The van der Waals surface area contributed by atoms with Crippen molar-refractivity contribution in [1.82, 2.24) is 4.90 Å². The highest BCUT2D eigenvalue weighted by atomic mass is 35.5. The van der Waals surface area contributed by atoms with Gasteiger partial charge in [0.05, 0.1) is 18.2 Å². The number of benzene rings is 2. The van der Waals surface area contributed by atoms with E-state index in [1.807, 2.05) is 0 Å². The lowest BCUT2D eigenvalue weighted by Gasteiger charge is -2.24. The molecule has 8 heteroatoms. The van der Waals surface area contributed by atoms with Gasteiger partial charge >= 0.3 is 5.97 Å². The van der Waals surface area contributed by atoms with Gasteiger partial charge in [0.15, 0.2) is 0 Å². The number of carbonyl (C=O) groups excluding carboxylic acids is 3. The molecular formula is C21H17ClFNO5. The normalized spacial score (nSPS) is 18.2. The van der Waals surface area contributed by atoms with Gasteiger partial charge in [-0.15, -0.1) is 0 Å². The Hall–Kier alpha value is -3.19. The number of halogens is 2. The first-order chi connectivity index (χ1) is 13.8. The zero-order chi connectivity index (χ0) is 21.1. The molecule has 1 heterocycles. The molecule has 1 aliphatic heterocycles. The molecule has 150 valence electrons. The third-order valence-electron chi connectivity index (χ3n) is 4.45. The van der Waals surface area contributed by atoms with E-state index < -0.39 is 41.8 Å². The average Bonchev–Trinajstić information content (AvgIpc) is 2.94. The number of aliphatic hydroxyl groups excluding tert-OH is 1. The summed E-state index contributed by atoms with van der Waals surface area (Å²) >= 11 is 5.86. The second kappa shape index (κ2) is 8.45. The van der Waals surface area contributed by atoms with E-state index in [-0.39, 0.29) is 17.7 Å². The van der Waals surface area contributed by atoms with Gasteiger partial charge in [-0.05, 0) is 48.9 Å². The number of amides is 1. The number of nitrogens with zero attached hydrogens (tertiary/aromatic N) is 1. The van der Waals surface area contributed by atoms with Crippen LogP contribution in [0.1, 0.15) is 24.1 Å². The fourth-order valence-electron chi connectivity index (χ4n) is 3.14. The minimum absolute atomic E-state index is 0.106. The topological polar surface area (TPSA) is 83.9 Å². The molecule has 6 nitrogen and oxygen atoms in total. The van der Waals surface area contributed by atoms with Crippen LogP contribution < -0.4 is 0 Å². The number of aliphatic hydroxyl groups is 1. The average molecular weight is 418 g/mol. The molecule has 2 aromatic rings. The summed E-state index contributed by atoms with van der Waals surface area (Å²) in [5.41, 5.74) is 0.439. The van der Waals surface area contributed by atoms with E-state index in [0.29, 0.717) is 10.6 Å². The highest BCUT2D eigenvalue weighted by Gasteiger charge is 2.47. The lowest BCUT2D eigenvalue weighted by molar-refractivity contribution is -0.149. The number of hydrogen-bond acceptors (Lipinski definition) is 5. The van der Waals surface area contributed by atoms with E-state index in [2.05, 4.69) is 0 Å². The Morgan fingerprint density at radius 2 is 1.76 bits per heavy atom. The van der Waals surface area contributed by atoms with Gasteiger partial charge in [-0.3, -0.25) is 14.4 Å². The number of carbonyl (C=O) groups is 3. The molecule has 0 aromatic heterocycles. The van der Waals surface area contributed by atoms with Crippen LogP contribution in [0.2, 0.25) is 5.02 Å². The molecule has 1 unspecified atom stereocenters. The van der Waals surface area contributed by atoms with Gasteiger partial charge in [-0.1, -0.05) is 23.7 Å². The summed E-state index contributed by atoms with van der Waals surface area (Å²) in [6.45, 7) is 1.23. The third-order valence-corrected chi connectivity index (χ3v) is 4.70. The molecule has 0 spiro atoms. The van der Waals surface area contributed by atoms with Crippen LogP contribution >= 0.6 is 11.6 Å². The maximum absolute atomic E-state index is 13.4. The first kappa shape index (κ1) is 20.5. The van der Waals surface area contributed by atoms with Crippen LogP contribution in [-0.2, 0) is 19.1 Å². The monoisotopic (exact) mass is 417 g/mol. The number of hydrogen-bond donors (Lipinski definition) is 1. The Morgan fingerprint density at radius 3 is 2.34 bits per heavy atom. The van der Waals surface area contributed by atoms with Gasteiger partial charge in [0.2, 0.25) is 0 Å². The van der Waals surface area contributed by atoms with Crippen LogP contribution in [0.5, 0.6) is 0 Å². The zero-order valence-electron chi connectivity index (χ0n) is 15.4. The van der Waals surface area contributed by atoms with Crippen LogP contribution in [0.25, 0.3) is 5.76 Å². The summed E-state index contributed by atoms with van der Waals surface area (Å²) in [4.78, 5) is 38.3. The number of esters is 1. The molecule has 0 bridgehead atoms. The Morgan fingerprint density at radius 1 is 1.14 bits per heavy atom. The lowest BCUT2D eigenvalue weighted by Crippen LogP contribution is -2.35. The molecule has 1 saturated heterocycles. The van der Waals surface area contributed by atoms with E-state index in [9.17, 15) is 23.9 Å². The van der Waals surface area contributed by atoms with Crippen molar-refractivity contribution in [3.8, 4) is 0 Å². The Labute approximate surface area is 171 Å². The molecule has 0 aliphatic carbocycles. The van der Waals surface area contributed by atoms with Crippen molar-refractivity contribution >= 4 is 35.0 Å². The number of ketones is 1. The fraction of sp³-hybridized carbons (Fsp3) is 0.190. The van der Waals surface area contributed by atoms with Gasteiger partial charge < -0.3 is 14.7 Å². The van der Waals surface area contributed by atoms with Crippen LogP contribution in [0, 0.1) is 5.82 Å². The molecule has 1 fully saturated rings. The maximum atomic E-state index is 13.4. The molecular weight excluding hydrogens is 401 g/mol. The van der Waals surface area contributed by atoms with Crippen molar-refractivity contribution in [2.45, 2.75) is 13.0 Å². The zero-order valence-corrected chi connectivity index (χ0v) is 16.1. The molecule has 2 aromatic carbocycles. The molecule has 1 amide bonds. The van der Waals surface area contributed by atoms with Crippen LogP contribution in [0.4, 0.5) is 4.39 Å². The van der Waals surface area contributed by atoms with E-state index in [1.54, 1.807) is 6.92 Å². The summed E-state index contributed by atoms with van der Waals surface area (Å²) < 4.78 is 18.3. The van der Waals surface area contributed by atoms with Crippen molar-refractivity contribution in [1.29, 1.82) is 0 Å². The second-order valence-corrected chi connectivity index (χ2v) is 6.73. The summed E-state index contributed by atoms with van der Waals surface area (Å²) in [7, 11) is 0. The predicted molar refractivity (Wildman–Crippen MR) is 103 cm³/mol. The largest absolute Gasteiger partial charge is 0.507 e. The SMILES string of the molecule is CCOC(=O)CN1C(=O)C(=O)/C(=C(/O)c2ccc(Cl)cc2)C1c1ccc(F)cc1. The highest BCUT2D eigenvalue weighted by Crippen LogP contribution is 2.39. The van der Waals surface area contributed by atoms with Crippen molar-refractivity contribution in [3.05, 3.63) is 76.1 Å². The third kappa shape index (κ3) is 4.14. The maximum Gasteiger partial charge on any atom is 0.325 e. The van der Waals surface area contributed by atoms with E-state index in [0.717, 1.165) is 4.90 Å². The fourth-order valence-corrected chi connectivity index (χ4v) is 3.27. The molecule has 29 heavy (non-hydrogen) atoms. The van der Waals surface area contributed by atoms with Crippen LogP contribution in [-0.4, -0.2) is 40.8 Å². The number of ether oxygens (including phenoxy) is 1. The Balaban J connectivity index is 2.14. The summed E-state index contributed by atoms with van der Waals surface area (Å²) in [5, 5.41) is 11.2. The highest BCUT2D eigenvalue weighted by molar-refractivity contribution is 6.46. The molecule has 0 radical (unpaired) electrons. The Kier molecular flexibility index (Phi) is 5.98. The van der Waals surface area contributed by atoms with Crippen molar-refractivity contribution in [2.75, 3.05) is 13.2 Å². The molecule has 1 N–H and O–H groups in total. The summed E-state index contributed by atoms with van der Waals surface area (Å²) in [5.74, 6) is -3.53. The van der Waals surface area contributed by atoms with Gasteiger partial charge in [0.1, 0.15) is 18.1 Å². The van der Waals surface area contributed by atoms with Crippen LogP contribution in [0.15, 0.2) is 54.1 Å². The smallest absolute Gasteiger partial charge is 0.325 e.